The van der Waals surface area contributed by atoms with Crippen molar-refractivity contribution in [2.75, 3.05) is 6.61 Å². The Morgan fingerprint density at radius 2 is 2.47 bits per heavy atom. The van der Waals surface area contributed by atoms with Gasteiger partial charge in [0.25, 0.3) is 5.91 Å². The molecule has 0 aliphatic rings. The Morgan fingerprint density at radius 3 is 2.93 bits per heavy atom. The normalized spacial score (nSPS) is 14.6. The SMILES string of the molecule is CCC(C)(CCO)NC(=O)c1cnsn1. The highest BCUT2D eigenvalue weighted by molar-refractivity contribution is 6.99. The molecule has 1 heterocycles. The lowest BCUT2D eigenvalue weighted by Gasteiger charge is -2.28. The second-order valence-electron chi connectivity index (χ2n) is 3.63. The summed E-state index contributed by atoms with van der Waals surface area (Å²) in [6.45, 7) is 3.93. The molecule has 6 heteroatoms. The van der Waals surface area contributed by atoms with Gasteiger partial charge in [-0.05, 0) is 19.8 Å². The Morgan fingerprint density at radius 1 is 1.73 bits per heavy atom. The molecular formula is C9H15N3O2S. The lowest BCUT2D eigenvalue weighted by Crippen LogP contribution is -2.46. The third-order valence-corrected chi connectivity index (χ3v) is 2.93. The van der Waals surface area contributed by atoms with Crippen LogP contribution in [0.1, 0.15) is 37.2 Å². The van der Waals surface area contributed by atoms with Crippen molar-refractivity contribution >= 4 is 17.6 Å². The summed E-state index contributed by atoms with van der Waals surface area (Å²) in [6, 6.07) is 0. The highest BCUT2D eigenvalue weighted by atomic mass is 32.1. The quantitative estimate of drug-likeness (QED) is 0.783. The first-order valence-electron chi connectivity index (χ1n) is 4.82. The molecule has 15 heavy (non-hydrogen) atoms. The van der Waals surface area contributed by atoms with Crippen molar-refractivity contribution in [3.05, 3.63) is 11.9 Å². The van der Waals surface area contributed by atoms with Gasteiger partial charge in [0.2, 0.25) is 0 Å². The molecule has 0 radical (unpaired) electrons. The molecular weight excluding hydrogens is 214 g/mol. The van der Waals surface area contributed by atoms with Crippen LogP contribution in [0.3, 0.4) is 0 Å². The van der Waals surface area contributed by atoms with Crippen molar-refractivity contribution in [1.82, 2.24) is 14.1 Å². The Hall–Kier alpha value is -1.01. The van der Waals surface area contributed by atoms with Gasteiger partial charge < -0.3 is 10.4 Å². The fourth-order valence-electron chi connectivity index (χ4n) is 1.18. The summed E-state index contributed by atoms with van der Waals surface area (Å²) in [7, 11) is 0. The summed E-state index contributed by atoms with van der Waals surface area (Å²) in [5, 5.41) is 11.8. The van der Waals surface area contributed by atoms with Gasteiger partial charge in [0.15, 0.2) is 5.69 Å². The molecule has 1 unspecified atom stereocenters. The number of nitrogens with one attached hydrogen (secondary N) is 1. The van der Waals surface area contributed by atoms with Crippen molar-refractivity contribution in [2.45, 2.75) is 32.2 Å². The maximum absolute atomic E-state index is 11.7. The maximum Gasteiger partial charge on any atom is 0.273 e. The fourth-order valence-corrected chi connectivity index (χ4v) is 1.59. The molecule has 0 bridgehead atoms. The monoisotopic (exact) mass is 229 g/mol. The highest BCUT2D eigenvalue weighted by Crippen LogP contribution is 2.14. The predicted molar refractivity (Wildman–Crippen MR) is 57.8 cm³/mol. The van der Waals surface area contributed by atoms with Gasteiger partial charge in [-0.3, -0.25) is 4.79 Å². The average molecular weight is 229 g/mol. The minimum Gasteiger partial charge on any atom is -0.396 e. The molecule has 1 rings (SSSR count). The molecule has 1 atom stereocenters. The smallest absolute Gasteiger partial charge is 0.273 e. The van der Waals surface area contributed by atoms with E-state index >= 15 is 0 Å². The zero-order valence-corrected chi connectivity index (χ0v) is 9.67. The van der Waals surface area contributed by atoms with E-state index in [1.807, 2.05) is 13.8 Å². The van der Waals surface area contributed by atoms with E-state index in [0.717, 1.165) is 18.1 Å². The van der Waals surface area contributed by atoms with Crippen LogP contribution < -0.4 is 5.32 Å². The first kappa shape index (κ1) is 12.1. The van der Waals surface area contributed by atoms with Crippen LogP contribution in [0, 0.1) is 0 Å². The molecule has 84 valence electrons. The third-order valence-electron chi connectivity index (χ3n) is 2.45. The van der Waals surface area contributed by atoms with Gasteiger partial charge in [-0.2, -0.15) is 8.75 Å². The highest BCUT2D eigenvalue weighted by Gasteiger charge is 2.24. The Labute approximate surface area is 92.9 Å². The van der Waals surface area contributed by atoms with Crippen molar-refractivity contribution in [1.29, 1.82) is 0 Å². The molecule has 1 aromatic heterocycles. The van der Waals surface area contributed by atoms with Crippen LogP contribution in [0.2, 0.25) is 0 Å². The molecule has 5 nitrogen and oxygen atoms in total. The second kappa shape index (κ2) is 5.18. The molecule has 0 aliphatic heterocycles. The molecule has 1 amide bonds. The van der Waals surface area contributed by atoms with Gasteiger partial charge in [-0.1, -0.05) is 6.92 Å². The summed E-state index contributed by atoms with van der Waals surface area (Å²) < 4.78 is 7.62. The average Bonchev–Trinajstić information content (AvgIpc) is 2.71. The predicted octanol–water partition coefficient (Wildman–Crippen LogP) is 0.819. The molecule has 0 aromatic carbocycles. The number of hydrogen-bond donors (Lipinski definition) is 2. The van der Waals surface area contributed by atoms with Crippen molar-refractivity contribution in [3.8, 4) is 0 Å². The van der Waals surface area contributed by atoms with Crippen LogP contribution in [-0.2, 0) is 0 Å². The van der Waals surface area contributed by atoms with E-state index in [1.165, 1.54) is 6.20 Å². The number of aliphatic hydroxyl groups is 1. The molecule has 0 saturated carbocycles. The molecule has 0 spiro atoms. The van der Waals surface area contributed by atoms with Gasteiger partial charge >= 0.3 is 0 Å². The van der Waals surface area contributed by atoms with Crippen LogP contribution in [0.25, 0.3) is 0 Å². The van der Waals surface area contributed by atoms with Gasteiger partial charge in [-0.25, -0.2) is 0 Å². The van der Waals surface area contributed by atoms with Crippen LogP contribution in [0.15, 0.2) is 6.20 Å². The second-order valence-corrected chi connectivity index (χ2v) is 4.19. The van der Waals surface area contributed by atoms with E-state index in [2.05, 4.69) is 14.1 Å². The molecule has 0 aliphatic carbocycles. The van der Waals surface area contributed by atoms with E-state index in [0.29, 0.717) is 12.1 Å². The summed E-state index contributed by atoms with van der Waals surface area (Å²) in [6.07, 6.45) is 2.73. The number of aliphatic hydroxyl groups excluding tert-OH is 1. The fraction of sp³-hybridized carbons (Fsp3) is 0.667. The molecule has 2 N–H and O–H groups in total. The minimum absolute atomic E-state index is 0.0555. The number of carbonyl (C=O) groups is 1. The zero-order chi connectivity index (χ0) is 11.3. The third kappa shape index (κ3) is 3.24. The summed E-state index contributed by atoms with van der Waals surface area (Å²) in [5.74, 6) is -0.235. The number of aromatic nitrogens is 2. The Kier molecular flexibility index (Phi) is 4.16. The number of carbonyl (C=O) groups excluding carboxylic acids is 1. The summed E-state index contributed by atoms with van der Waals surface area (Å²) in [4.78, 5) is 11.7. The van der Waals surface area contributed by atoms with E-state index in [9.17, 15) is 4.79 Å². The largest absolute Gasteiger partial charge is 0.396 e. The lowest BCUT2D eigenvalue weighted by molar-refractivity contribution is 0.0882. The van der Waals surface area contributed by atoms with Crippen molar-refractivity contribution in [3.63, 3.8) is 0 Å². The Balaban J connectivity index is 2.63. The topological polar surface area (TPSA) is 75.1 Å². The van der Waals surface area contributed by atoms with Crippen LogP contribution >= 0.6 is 11.7 Å². The van der Waals surface area contributed by atoms with Crippen molar-refractivity contribution in [2.24, 2.45) is 0 Å². The van der Waals surface area contributed by atoms with E-state index in [4.69, 9.17) is 5.11 Å². The van der Waals surface area contributed by atoms with Crippen LogP contribution in [0.4, 0.5) is 0 Å². The van der Waals surface area contributed by atoms with Gasteiger partial charge in [0, 0.05) is 12.1 Å². The first-order valence-corrected chi connectivity index (χ1v) is 5.55. The first-order chi connectivity index (χ1) is 7.11. The molecule has 0 saturated heterocycles. The number of hydrogen-bond acceptors (Lipinski definition) is 5. The summed E-state index contributed by atoms with van der Waals surface area (Å²) >= 11 is 1.00. The van der Waals surface area contributed by atoms with E-state index in [-0.39, 0.29) is 18.1 Å². The van der Waals surface area contributed by atoms with Gasteiger partial charge in [0.1, 0.15) is 0 Å². The van der Waals surface area contributed by atoms with Crippen LogP contribution in [-0.4, -0.2) is 31.9 Å². The van der Waals surface area contributed by atoms with Crippen molar-refractivity contribution < 1.29 is 9.90 Å². The van der Waals surface area contributed by atoms with Gasteiger partial charge in [0.05, 0.1) is 17.9 Å². The van der Waals surface area contributed by atoms with Crippen LogP contribution in [0.5, 0.6) is 0 Å². The molecule has 0 fully saturated rings. The minimum atomic E-state index is -0.380. The zero-order valence-electron chi connectivity index (χ0n) is 8.86. The van der Waals surface area contributed by atoms with Gasteiger partial charge in [-0.15, -0.1) is 0 Å². The lowest BCUT2D eigenvalue weighted by atomic mass is 9.95. The van der Waals surface area contributed by atoms with E-state index in [1.54, 1.807) is 0 Å². The maximum atomic E-state index is 11.7. The molecule has 1 aromatic rings. The number of nitrogens with zero attached hydrogens (tertiary/aromatic N) is 2. The summed E-state index contributed by atoms with van der Waals surface area (Å²) in [5.41, 5.74) is -0.0484. The van der Waals surface area contributed by atoms with E-state index < -0.39 is 0 Å². The number of rotatable bonds is 5. The Bertz CT molecular complexity index is 315. The number of amides is 1. The standard InChI is InChI=1S/C9H15N3O2S/c1-3-9(2,4-5-13)11-8(14)7-6-10-15-12-7/h6,13H,3-5H2,1-2H3,(H,11,14).